The van der Waals surface area contributed by atoms with Crippen molar-refractivity contribution in [1.82, 2.24) is 4.90 Å². The van der Waals surface area contributed by atoms with Crippen LogP contribution >= 0.6 is 0 Å². The van der Waals surface area contributed by atoms with Crippen LogP contribution in [-0.4, -0.2) is 42.7 Å². The molecule has 1 saturated heterocycles. The molecular weight excluding hydrogens is 250 g/mol. The molecule has 1 aliphatic rings. The van der Waals surface area contributed by atoms with Gasteiger partial charge in [0.05, 0.1) is 0 Å². The SMILES string of the molecule is CCC1CN(C)CCCN1c1ccc(C(C)N)c(O)c1. The molecule has 0 radical (unpaired) electrons. The number of benzene rings is 1. The van der Waals surface area contributed by atoms with Gasteiger partial charge < -0.3 is 20.6 Å². The van der Waals surface area contributed by atoms with Crippen molar-refractivity contribution < 1.29 is 5.11 Å². The zero-order valence-corrected chi connectivity index (χ0v) is 12.8. The van der Waals surface area contributed by atoms with Crippen molar-refractivity contribution in [3.8, 4) is 5.75 Å². The number of phenols is 1. The minimum atomic E-state index is -0.138. The van der Waals surface area contributed by atoms with Gasteiger partial charge in [-0.2, -0.15) is 0 Å². The fourth-order valence-corrected chi connectivity index (χ4v) is 3.03. The second-order valence-electron chi connectivity index (χ2n) is 5.90. The molecule has 1 aliphatic heterocycles. The minimum Gasteiger partial charge on any atom is -0.508 e. The lowest BCUT2D eigenvalue weighted by molar-refractivity contribution is 0.328. The van der Waals surface area contributed by atoms with E-state index in [-0.39, 0.29) is 6.04 Å². The van der Waals surface area contributed by atoms with Gasteiger partial charge in [-0.1, -0.05) is 13.0 Å². The number of phenolic OH excluding ortho intramolecular Hbond substituents is 1. The monoisotopic (exact) mass is 277 g/mol. The summed E-state index contributed by atoms with van der Waals surface area (Å²) in [6, 6.07) is 6.28. The fraction of sp³-hybridized carbons (Fsp3) is 0.625. The third-order valence-corrected chi connectivity index (χ3v) is 4.21. The number of anilines is 1. The maximum absolute atomic E-state index is 10.2. The molecule has 1 aromatic rings. The highest BCUT2D eigenvalue weighted by Gasteiger charge is 2.23. The van der Waals surface area contributed by atoms with E-state index in [0.717, 1.165) is 43.7 Å². The molecule has 0 aliphatic carbocycles. The molecule has 0 spiro atoms. The number of nitrogens with two attached hydrogens (primary N) is 1. The Morgan fingerprint density at radius 3 is 2.75 bits per heavy atom. The molecule has 0 amide bonds. The van der Waals surface area contributed by atoms with Gasteiger partial charge in [-0.15, -0.1) is 0 Å². The summed E-state index contributed by atoms with van der Waals surface area (Å²) < 4.78 is 0. The van der Waals surface area contributed by atoms with E-state index in [2.05, 4.69) is 29.8 Å². The van der Waals surface area contributed by atoms with Crippen LogP contribution in [0, 0.1) is 0 Å². The van der Waals surface area contributed by atoms with E-state index in [9.17, 15) is 5.11 Å². The summed E-state index contributed by atoms with van der Waals surface area (Å²) in [5, 5.41) is 10.2. The summed E-state index contributed by atoms with van der Waals surface area (Å²) >= 11 is 0. The first-order chi connectivity index (χ1) is 9.52. The van der Waals surface area contributed by atoms with Gasteiger partial charge in [-0.3, -0.25) is 0 Å². The highest BCUT2D eigenvalue weighted by molar-refractivity contribution is 5.55. The summed E-state index contributed by atoms with van der Waals surface area (Å²) in [6.45, 7) is 7.38. The van der Waals surface area contributed by atoms with E-state index >= 15 is 0 Å². The van der Waals surface area contributed by atoms with E-state index in [1.807, 2.05) is 19.1 Å². The quantitative estimate of drug-likeness (QED) is 0.890. The van der Waals surface area contributed by atoms with Crippen molar-refractivity contribution >= 4 is 5.69 Å². The third kappa shape index (κ3) is 3.25. The van der Waals surface area contributed by atoms with Crippen molar-refractivity contribution in [3.05, 3.63) is 23.8 Å². The van der Waals surface area contributed by atoms with Gasteiger partial charge in [-0.25, -0.2) is 0 Å². The number of likely N-dealkylation sites (N-methyl/N-ethyl adjacent to an activating group) is 1. The largest absolute Gasteiger partial charge is 0.508 e. The molecule has 0 bridgehead atoms. The van der Waals surface area contributed by atoms with Crippen molar-refractivity contribution in [1.29, 1.82) is 0 Å². The molecule has 1 heterocycles. The van der Waals surface area contributed by atoms with Gasteiger partial charge in [0.2, 0.25) is 0 Å². The molecule has 2 unspecified atom stereocenters. The molecule has 20 heavy (non-hydrogen) atoms. The average molecular weight is 277 g/mol. The third-order valence-electron chi connectivity index (χ3n) is 4.21. The molecule has 112 valence electrons. The summed E-state index contributed by atoms with van der Waals surface area (Å²) in [5.74, 6) is 0.310. The Labute approximate surface area is 122 Å². The normalized spacial score (nSPS) is 22.6. The average Bonchev–Trinajstić information content (AvgIpc) is 2.59. The maximum Gasteiger partial charge on any atom is 0.122 e. The number of hydrogen-bond acceptors (Lipinski definition) is 4. The van der Waals surface area contributed by atoms with E-state index in [1.54, 1.807) is 0 Å². The number of nitrogens with zero attached hydrogens (tertiary/aromatic N) is 2. The highest BCUT2D eigenvalue weighted by Crippen LogP contribution is 2.30. The van der Waals surface area contributed by atoms with Crippen LogP contribution in [0.2, 0.25) is 0 Å². The molecule has 0 saturated carbocycles. The molecule has 2 atom stereocenters. The Balaban J connectivity index is 2.26. The van der Waals surface area contributed by atoms with E-state index < -0.39 is 0 Å². The first-order valence-corrected chi connectivity index (χ1v) is 7.56. The van der Waals surface area contributed by atoms with Crippen molar-refractivity contribution in [2.75, 3.05) is 31.6 Å². The van der Waals surface area contributed by atoms with Crippen molar-refractivity contribution in [2.45, 2.75) is 38.8 Å². The number of hydrogen-bond donors (Lipinski definition) is 2. The van der Waals surface area contributed by atoms with Gasteiger partial charge in [-0.05, 0) is 39.4 Å². The van der Waals surface area contributed by atoms with Crippen LogP contribution in [0.4, 0.5) is 5.69 Å². The zero-order chi connectivity index (χ0) is 14.7. The van der Waals surface area contributed by atoms with Gasteiger partial charge in [0.15, 0.2) is 0 Å². The van der Waals surface area contributed by atoms with E-state index in [0.29, 0.717) is 11.8 Å². The highest BCUT2D eigenvalue weighted by atomic mass is 16.3. The minimum absolute atomic E-state index is 0.138. The van der Waals surface area contributed by atoms with Crippen LogP contribution in [-0.2, 0) is 0 Å². The van der Waals surface area contributed by atoms with Gasteiger partial charge >= 0.3 is 0 Å². The van der Waals surface area contributed by atoms with Crippen LogP contribution < -0.4 is 10.6 Å². The standard InChI is InChI=1S/C16H27N3O/c1-4-13-11-18(3)8-5-9-19(13)14-6-7-15(12(2)17)16(20)10-14/h6-7,10,12-13,20H,4-5,8-9,11,17H2,1-3H3. The Morgan fingerprint density at radius 2 is 2.15 bits per heavy atom. The summed E-state index contributed by atoms with van der Waals surface area (Å²) in [6.07, 6.45) is 2.27. The van der Waals surface area contributed by atoms with E-state index in [1.165, 1.54) is 0 Å². The lowest BCUT2D eigenvalue weighted by Crippen LogP contribution is -2.39. The summed E-state index contributed by atoms with van der Waals surface area (Å²) in [5.41, 5.74) is 7.78. The maximum atomic E-state index is 10.2. The van der Waals surface area contributed by atoms with Crippen molar-refractivity contribution in [2.24, 2.45) is 5.73 Å². The molecule has 4 nitrogen and oxygen atoms in total. The topological polar surface area (TPSA) is 52.7 Å². The van der Waals surface area contributed by atoms with Crippen LogP contribution in [0.3, 0.4) is 0 Å². The van der Waals surface area contributed by atoms with Crippen LogP contribution in [0.25, 0.3) is 0 Å². The number of aromatic hydroxyl groups is 1. The van der Waals surface area contributed by atoms with Gasteiger partial charge in [0.1, 0.15) is 5.75 Å². The smallest absolute Gasteiger partial charge is 0.122 e. The second-order valence-corrected chi connectivity index (χ2v) is 5.90. The lowest BCUT2D eigenvalue weighted by Gasteiger charge is -2.32. The molecule has 2 rings (SSSR count). The molecule has 4 heteroatoms. The van der Waals surface area contributed by atoms with Gasteiger partial charge in [0.25, 0.3) is 0 Å². The zero-order valence-electron chi connectivity index (χ0n) is 12.8. The Hall–Kier alpha value is -1.26. The Bertz CT molecular complexity index is 447. The predicted molar refractivity (Wildman–Crippen MR) is 84.2 cm³/mol. The summed E-state index contributed by atoms with van der Waals surface area (Å²) in [7, 11) is 2.18. The molecule has 3 N–H and O–H groups in total. The van der Waals surface area contributed by atoms with E-state index in [4.69, 9.17) is 5.73 Å². The molecule has 1 aromatic carbocycles. The first kappa shape index (κ1) is 15.1. The fourth-order valence-electron chi connectivity index (χ4n) is 3.03. The Kier molecular flexibility index (Phi) is 4.89. The first-order valence-electron chi connectivity index (χ1n) is 7.56. The molecular formula is C16H27N3O. The van der Waals surface area contributed by atoms with Crippen LogP contribution in [0.15, 0.2) is 18.2 Å². The van der Waals surface area contributed by atoms with Crippen LogP contribution in [0.1, 0.15) is 38.3 Å². The molecule has 0 aromatic heterocycles. The predicted octanol–water partition coefficient (Wildman–Crippen LogP) is 2.33. The Morgan fingerprint density at radius 1 is 1.40 bits per heavy atom. The lowest BCUT2D eigenvalue weighted by atomic mass is 10.1. The molecule has 1 fully saturated rings. The van der Waals surface area contributed by atoms with Crippen molar-refractivity contribution in [3.63, 3.8) is 0 Å². The summed E-state index contributed by atoms with van der Waals surface area (Å²) in [4.78, 5) is 4.82. The van der Waals surface area contributed by atoms with Gasteiger partial charge in [0, 0.05) is 42.5 Å². The second kappa shape index (κ2) is 6.46. The van der Waals surface area contributed by atoms with Crippen LogP contribution in [0.5, 0.6) is 5.75 Å². The number of rotatable bonds is 3.